The third-order valence-electron chi connectivity index (χ3n) is 3.08. The molecule has 2 aromatic carbocycles. The van der Waals surface area contributed by atoms with Crippen LogP contribution in [0.25, 0.3) is 0 Å². The second kappa shape index (κ2) is 7.35. The molecule has 0 spiro atoms. The predicted octanol–water partition coefficient (Wildman–Crippen LogP) is 3.77. The number of para-hydroxylation sites is 1. The lowest BCUT2D eigenvalue weighted by Crippen LogP contribution is -2.31. The Morgan fingerprint density at radius 1 is 1.00 bits per heavy atom. The van der Waals surface area contributed by atoms with Crippen LogP contribution in [0.3, 0.4) is 0 Å². The molecule has 2 rings (SSSR count). The van der Waals surface area contributed by atoms with E-state index in [1.54, 1.807) is 29.6 Å². The SMILES string of the molecule is O=C(NCc1ccccc1NC(=O)C(F)(F)F)c1ccccc1Cl. The van der Waals surface area contributed by atoms with Gasteiger partial charge in [-0.1, -0.05) is 41.9 Å². The van der Waals surface area contributed by atoms with Crippen molar-refractivity contribution in [2.45, 2.75) is 12.7 Å². The van der Waals surface area contributed by atoms with Crippen LogP contribution in [0, 0.1) is 0 Å². The van der Waals surface area contributed by atoms with Crippen LogP contribution in [0.2, 0.25) is 5.02 Å². The van der Waals surface area contributed by atoms with Crippen molar-refractivity contribution >= 4 is 29.1 Å². The summed E-state index contributed by atoms with van der Waals surface area (Å²) in [7, 11) is 0. The van der Waals surface area contributed by atoms with E-state index in [1.165, 1.54) is 24.3 Å². The average molecular weight is 357 g/mol. The standard InChI is InChI=1S/C16H12ClF3N2O2/c17-12-7-3-2-6-11(12)14(23)21-9-10-5-1-4-8-13(10)22-15(24)16(18,19)20/h1-8H,9H2,(H,21,23)(H,22,24). The number of hydrogen-bond acceptors (Lipinski definition) is 2. The number of anilines is 1. The van der Waals surface area contributed by atoms with Gasteiger partial charge < -0.3 is 10.6 Å². The molecule has 0 bridgehead atoms. The summed E-state index contributed by atoms with van der Waals surface area (Å²) in [5, 5.41) is 4.59. The summed E-state index contributed by atoms with van der Waals surface area (Å²) in [5.41, 5.74) is 0.547. The van der Waals surface area contributed by atoms with Crippen molar-refractivity contribution in [2.24, 2.45) is 0 Å². The second-order valence-corrected chi connectivity index (χ2v) is 5.18. The highest BCUT2D eigenvalue weighted by Crippen LogP contribution is 2.21. The van der Waals surface area contributed by atoms with Gasteiger partial charge >= 0.3 is 12.1 Å². The van der Waals surface area contributed by atoms with Gasteiger partial charge in [0.15, 0.2) is 0 Å². The topological polar surface area (TPSA) is 58.2 Å². The fourth-order valence-electron chi connectivity index (χ4n) is 1.91. The molecule has 0 fully saturated rings. The van der Waals surface area contributed by atoms with E-state index in [-0.39, 0.29) is 22.8 Å². The Hall–Kier alpha value is -2.54. The van der Waals surface area contributed by atoms with Crippen LogP contribution in [0.15, 0.2) is 48.5 Å². The molecule has 4 nitrogen and oxygen atoms in total. The number of carbonyl (C=O) groups excluding carboxylic acids is 2. The van der Waals surface area contributed by atoms with Gasteiger partial charge in [-0.2, -0.15) is 13.2 Å². The van der Waals surface area contributed by atoms with Crippen LogP contribution in [0.4, 0.5) is 18.9 Å². The Balaban J connectivity index is 2.10. The minimum absolute atomic E-state index is 0.0284. The van der Waals surface area contributed by atoms with Crippen LogP contribution in [-0.4, -0.2) is 18.0 Å². The third-order valence-corrected chi connectivity index (χ3v) is 3.41. The smallest absolute Gasteiger partial charge is 0.348 e. The lowest BCUT2D eigenvalue weighted by molar-refractivity contribution is -0.167. The maximum atomic E-state index is 12.3. The highest BCUT2D eigenvalue weighted by atomic mass is 35.5. The van der Waals surface area contributed by atoms with Crippen molar-refractivity contribution in [1.82, 2.24) is 5.32 Å². The zero-order valence-electron chi connectivity index (χ0n) is 12.2. The van der Waals surface area contributed by atoms with E-state index in [0.717, 1.165) is 0 Å². The molecule has 0 radical (unpaired) electrons. The van der Waals surface area contributed by atoms with E-state index in [1.807, 2.05) is 0 Å². The number of halogens is 4. The van der Waals surface area contributed by atoms with E-state index in [2.05, 4.69) is 5.32 Å². The number of rotatable bonds is 4. The second-order valence-electron chi connectivity index (χ2n) is 4.77. The molecule has 8 heteroatoms. The summed E-state index contributed by atoms with van der Waals surface area (Å²) >= 11 is 5.91. The molecular formula is C16H12ClF3N2O2. The van der Waals surface area contributed by atoms with Gasteiger partial charge in [0, 0.05) is 12.2 Å². The molecule has 0 aliphatic carbocycles. The van der Waals surface area contributed by atoms with Crippen molar-refractivity contribution in [1.29, 1.82) is 0 Å². The molecule has 0 aliphatic rings. The Morgan fingerprint density at radius 2 is 1.62 bits per heavy atom. The number of alkyl halides is 3. The minimum Gasteiger partial charge on any atom is -0.348 e. The fourth-order valence-corrected chi connectivity index (χ4v) is 2.13. The monoisotopic (exact) mass is 356 g/mol. The number of hydrogen-bond donors (Lipinski definition) is 2. The summed E-state index contributed by atoms with van der Waals surface area (Å²) in [6.45, 7) is -0.0711. The lowest BCUT2D eigenvalue weighted by atomic mass is 10.1. The van der Waals surface area contributed by atoms with E-state index < -0.39 is 18.0 Å². The molecule has 0 aliphatic heterocycles. The summed E-state index contributed by atoms with van der Waals surface area (Å²) < 4.78 is 37.0. The first-order valence-electron chi connectivity index (χ1n) is 6.78. The van der Waals surface area contributed by atoms with E-state index in [9.17, 15) is 22.8 Å². The van der Waals surface area contributed by atoms with Crippen LogP contribution < -0.4 is 10.6 Å². The molecule has 126 valence electrons. The van der Waals surface area contributed by atoms with Gasteiger partial charge in [0.05, 0.1) is 10.6 Å². The average Bonchev–Trinajstić information content (AvgIpc) is 2.53. The maximum Gasteiger partial charge on any atom is 0.471 e. The molecule has 2 N–H and O–H groups in total. The largest absolute Gasteiger partial charge is 0.471 e. The number of amides is 2. The molecular weight excluding hydrogens is 345 g/mol. The minimum atomic E-state index is -4.99. The highest BCUT2D eigenvalue weighted by molar-refractivity contribution is 6.33. The predicted molar refractivity (Wildman–Crippen MR) is 83.7 cm³/mol. The first-order valence-corrected chi connectivity index (χ1v) is 7.15. The summed E-state index contributed by atoms with van der Waals surface area (Å²) in [6.07, 6.45) is -4.99. The molecule has 0 unspecified atom stereocenters. The first-order chi connectivity index (χ1) is 11.3. The van der Waals surface area contributed by atoms with Gasteiger partial charge in [0.1, 0.15) is 0 Å². The Morgan fingerprint density at radius 3 is 2.29 bits per heavy atom. The Labute approximate surface area is 140 Å². The van der Waals surface area contributed by atoms with Crippen LogP contribution >= 0.6 is 11.6 Å². The van der Waals surface area contributed by atoms with Crippen molar-refractivity contribution in [3.8, 4) is 0 Å². The van der Waals surface area contributed by atoms with Gasteiger partial charge in [-0.05, 0) is 23.8 Å². The van der Waals surface area contributed by atoms with E-state index in [4.69, 9.17) is 11.6 Å². The van der Waals surface area contributed by atoms with Gasteiger partial charge in [-0.25, -0.2) is 0 Å². The fraction of sp³-hybridized carbons (Fsp3) is 0.125. The molecule has 2 amide bonds. The molecule has 0 atom stereocenters. The van der Waals surface area contributed by atoms with Crippen LogP contribution in [0.5, 0.6) is 0 Å². The van der Waals surface area contributed by atoms with Crippen LogP contribution in [0.1, 0.15) is 15.9 Å². The van der Waals surface area contributed by atoms with E-state index >= 15 is 0 Å². The van der Waals surface area contributed by atoms with Crippen molar-refractivity contribution in [3.05, 3.63) is 64.7 Å². The molecule has 0 saturated heterocycles. The summed E-state index contributed by atoms with van der Waals surface area (Å²) in [6, 6.07) is 12.3. The third kappa shape index (κ3) is 4.48. The number of benzene rings is 2. The first kappa shape index (κ1) is 17.8. The normalized spacial score (nSPS) is 11.0. The Kier molecular flexibility index (Phi) is 5.46. The molecule has 24 heavy (non-hydrogen) atoms. The number of nitrogens with one attached hydrogen (secondary N) is 2. The van der Waals surface area contributed by atoms with Gasteiger partial charge in [-0.15, -0.1) is 0 Å². The van der Waals surface area contributed by atoms with Gasteiger partial charge in [-0.3, -0.25) is 9.59 Å². The van der Waals surface area contributed by atoms with Crippen molar-refractivity contribution in [3.63, 3.8) is 0 Å². The summed E-state index contributed by atoms with van der Waals surface area (Å²) in [5.74, 6) is -2.55. The molecule has 0 aromatic heterocycles. The Bertz CT molecular complexity index is 763. The molecule has 2 aromatic rings. The number of carbonyl (C=O) groups is 2. The lowest BCUT2D eigenvalue weighted by Gasteiger charge is -2.13. The quantitative estimate of drug-likeness (QED) is 0.876. The van der Waals surface area contributed by atoms with Crippen LogP contribution in [-0.2, 0) is 11.3 Å². The maximum absolute atomic E-state index is 12.3. The van der Waals surface area contributed by atoms with Gasteiger partial charge in [0.2, 0.25) is 0 Å². The molecule has 0 heterocycles. The van der Waals surface area contributed by atoms with Crippen molar-refractivity contribution < 1.29 is 22.8 Å². The molecule has 0 saturated carbocycles. The van der Waals surface area contributed by atoms with Gasteiger partial charge in [0.25, 0.3) is 5.91 Å². The summed E-state index contributed by atoms with van der Waals surface area (Å²) in [4.78, 5) is 23.1. The van der Waals surface area contributed by atoms with Crippen molar-refractivity contribution in [2.75, 3.05) is 5.32 Å². The van der Waals surface area contributed by atoms with E-state index in [0.29, 0.717) is 5.56 Å². The zero-order chi connectivity index (χ0) is 17.7. The highest BCUT2D eigenvalue weighted by Gasteiger charge is 2.38. The zero-order valence-corrected chi connectivity index (χ0v) is 12.9.